The Hall–Kier alpha value is -2.51. The quantitative estimate of drug-likeness (QED) is 0.215. The molecule has 0 spiro atoms. The van der Waals surface area contributed by atoms with Gasteiger partial charge in [-0.2, -0.15) is 0 Å². The minimum absolute atomic E-state index is 0.0121. The van der Waals surface area contributed by atoms with Gasteiger partial charge in [-0.1, -0.05) is 19.3 Å². The van der Waals surface area contributed by atoms with E-state index < -0.39 is 24.2 Å². The lowest BCUT2D eigenvalue weighted by Crippen LogP contribution is -2.58. The normalized spacial score (nSPS) is 21.2. The number of ketones is 1. The summed E-state index contributed by atoms with van der Waals surface area (Å²) in [6.45, 7) is 1.33. The molecule has 1 saturated carbocycles. The minimum Gasteiger partial charge on any atom is -0.493 e. The maximum Gasteiger partial charge on any atom is 0.247 e. The van der Waals surface area contributed by atoms with Crippen LogP contribution >= 0.6 is 22.6 Å². The number of aliphatic hydroxyl groups is 2. The molecule has 0 radical (unpaired) electrons. The van der Waals surface area contributed by atoms with E-state index >= 15 is 0 Å². The summed E-state index contributed by atoms with van der Waals surface area (Å²) in [5, 5.41) is 23.6. The SMILES string of the molecule is COc1cc(C=O)cc(I)c1OC1C=C(C(=O)NCCO)CC(N(C(=O)CCCC(C)=O)C2CCCCC2)C1O. The molecule has 0 aliphatic heterocycles. The first-order chi connectivity index (χ1) is 19.2. The molecule has 2 aliphatic rings. The third kappa shape index (κ3) is 8.26. The zero-order valence-electron chi connectivity index (χ0n) is 23.1. The summed E-state index contributed by atoms with van der Waals surface area (Å²) < 4.78 is 12.3. The highest BCUT2D eigenvalue weighted by atomic mass is 127. The maximum absolute atomic E-state index is 13.7. The van der Waals surface area contributed by atoms with Crippen molar-refractivity contribution in [2.24, 2.45) is 0 Å². The number of Topliss-reactive ketones (excluding diaryl/α,β-unsaturated/α-hetero) is 1. The van der Waals surface area contributed by atoms with Gasteiger partial charge in [0.15, 0.2) is 11.5 Å². The van der Waals surface area contributed by atoms with Gasteiger partial charge in [0.2, 0.25) is 11.8 Å². The first kappa shape index (κ1) is 32.0. The summed E-state index contributed by atoms with van der Waals surface area (Å²) in [6.07, 6.45) is 5.66. The Morgan fingerprint density at radius 1 is 1.18 bits per heavy atom. The summed E-state index contributed by atoms with van der Waals surface area (Å²) in [4.78, 5) is 51.3. The molecule has 0 saturated heterocycles. The first-order valence-electron chi connectivity index (χ1n) is 13.8. The summed E-state index contributed by atoms with van der Waals surface area (Å²) in [5.41, 5.74) is 0.736. The van der Waals surface area contributed by atoms with Gasteiger partial charge in [-0.3, -0.25) is 14.4 Å². The third-order valence-electron chi connectivity index (χ3n) is 7.39. The van der Waals surface area contributed by atoms with Crippen molar-refractivity contribution in [1.29, 1.82) is 0 Å². The fourth-order valence-corrected chi connectivity index (χ4v) is 6.19. The van der Waals surface area contributed by atoms with Crippen molar-refractivity contribution < 1.29 is 38.9 Å². The molecule has 3 N–H and O–H groups in total. The number of nitrogens with zero attached hydrogens (tertiary/aromatic N) is 1. The molecule has 1 aromatic rings. The van der Waals surface area contributed by atoms with Gasteiger partial charge in [-0.15, -0.1) is 0 Å². The van der Waals surface area contributed by atoms with Gasteiger partial charge < -0.3 is 34.7 Å². The van der Waals surface area contributed by atoms with Crippen LogP contribution in [0.5, 0.6) is 11.5 Å². The number of carbonyl (C=O) groups excluding carboxylic acids is 4. The first-order valence-corrected chi connectivity index (χ1v) is 14.9. The van der Waals surface area contributed by atoms with Crippen molar-refractivity contribution >= 4 is 46.5 Å². The Morgan fingerprint density at radius 3 is 2.52 bits per heavy atom. The summed E-state index contributed by atoms with van der Waals surface area (Å²) in [7, 11) is 1.45. The number of halogens is 1. The Labute approximate surface area is 248 Å². The Kier molecular flexibility index (Phi) is 12.4. The van der Waals surface area contributed by atoms with Crippen LogP contribution in [0, 0.1) is 3.57 Å². The van der Waals surface area contributed by atoms with E-state index in [2.05, 4.69) is 5.32 Å². The zero-order valence-corrected chi connectivity index (χ0v) is 25.2. The average molecular weight is 671 g/mol. The number of carbonyl (C=O) groups is 4. The van der Waals surface area contributed by atoms with E-state index in [0.29, 0.717) is 45.3 Å². The number of rotatable bonds is 13. The molecule has 3 rings (SSSR count). The molecule has 0 aromatic heterocycles. The molecule has 3 unspecified atom stereocenters. The average Bonchev–Trinajstić information content (AvgIpc) is 2.94. The van der Waals surface area contributed by atoms with E-state index in [1.165, 1.54) is 20.1 Å². The van der Waals surface area contributed by atoms with Crippen LogP contribution in [-0.4, -0.2) is 83.5 Å². The van der Waals surface area contributed by atoms with Crippen molar-refractivity contribution in [3.63, 3.8) is 0 Å². The van der Waals surface area contributed by atoms with E-state index in [4.69, 9.17) is 9.47 Å². The van der Waals surface area contributed by atoms with Gasteiger partial charge in [0.25, 0.3) is 0 Å². The van der Waals surface area contributed by atoms with Crippen LogP contribution in [0.2, 0.25) is 0 Å². The fraction of sp³-hybridized carbons (Fsp3) is 0.586. The molecule has 2 amide bonds. The number of benzene rings is 1. The molecule has 0 bridgehead atoms. The molecule has 1 fully saturated rings. The topological polar surface area (TPSA) is 142 Å². The number of nitrogens with one attached hydrogen (secondary N) is 1. The van der Waals surface area contributed by atoms with Crippen molar-refractivity contribution in [1.82, 2.24) is 10.2 Å². The van der Waals surface area contributed by atoms with Gasteiger partial charge in [-0.05, 0) is 67.0 Å². The molecule has 2 aliphatic carbocycles. The summed E-state index contributed by atoms with van der Waals surface area (Å²) in [5.74, 6) is 0.0490. The smallest absolute Gasteiger partial charge is 0.247 e. The number of ether oxygens (including phenoxy) is 2. The van der Waals surface area contributed by atoms with Crippen LogP contribution < -0.4 is 14.8 Å². The Balaban J connectivity index is 2.00. The second kappa shape index (κ2) is 15.5. The number of hydrogen-bond donors (Lipinski definition) is 3. The van der Waals surface area contributed by atoms with Crippen LogP contribution in [0.4, 0.5) is 0 Å². The van der Waals surface area contributed by atoms with Gasteiger partial charge in [0.05, 0.1) is 23.3 Å². The highest BCUT2D eigenvalue weighted by Crippen LogP contribution is 2.38. The molecule has 3 atom stereocenters. The molecular formula is C29H39IN2O8. The predicted molar refractivity (Wildman–Crippen MR) is 156 cm³/mol. The van der Waals surface area contributed by atoms with Gasteiger partial charge in [-0.25, -0.2) is 0 Å². The van der Waals surface area contributed by atoms with Crippen molar-refractivity contribution in [2.45, 2.75) is 89.0 Å². The van der Waals surface area contributed by atoms with Crippen LogP contribution in [0.25, 0.3) is 0 Å². The second-order valence-corrected chi connectivity index (χ2v) is 11.5. The van der Waals surface area contributed by atoms with E-state index in [0.717, 1.165) is 32.1 Å². The molecule has 10 nitrogen and oxygen atoms in total. The number of hydrogen-bond acceptors (Lipinski definition) is 8. The Bertz CT molecular complexity index is 1100. The zero-order chi connectivity index (χ0) is 29.2. The molecule has 40 heavy (non-hydrogen) atoms. The van der Waals surface area contributed by atoms with E-state index in [1.54, 1.807) is 17.0 Å². The molecule has 11 heteroatoms. The van der Waals surface area contributed by atoms with Crippen molar-refractivity contribution in [3.05, 3.63) is 32.9 Å². The minimum atomic E-state index is -1.17. The Morgan fingerprint density at radius 2 is 1.90 bits per heavy atom. The van der Waals surface area contributed by atoms with E-state index in [-0.39, 0.29) is 43.7 Å². The van der Waals surface area contributed by atoms with Crippen LogP contribution in [0.1, 0.15) is 75.1 Å². The monoisotopic (exact) mass is 670 g/mol. The van der Waals surface area contributed by atoms with E-state index in [1.807, 2.05) is 22.6 Å². The van der Waals surface area contributed by atoms with Crippen LogP contribution in [0.15, 0.2) is 23.8 Å². The summed E-state index contributed by atoms with van der Waals surface area (Å²) in [6, 6.07) is 2.32. The second-order valence-electron chi connectivity index (χ2n) is 10.3. The largest absolute Gasteiger partial charge is 0.493 e. The molecule has 220 valence electrons. The van der Waals surface area contributed by atoms with E-state index in [9.17, 15) is 29.4 Å². The predicted octanol–water partition coefficient (Wildman–Crippen LogP) is 2.95. The number of aliphatic hydroxyl groups excluding tert-OH is 2. The summed E-state index contributed by atoms with van der Waals surface area (Å²) >= 11 is 2.02. The lowest BCUT2D eigenvalue weighted by atomic mass is 9.85. The standard InChI is InChI=1S/C29H39IN2O8/c1-18(35)7-6-10-26(36)32(21-8-4-3-5-9-21)23-15-20(29(38)31-11-12-33)16-24(27(23)37)40-28-22(30)13-19(17-34)14-25(28)39-2/h13-14,16-17,21,23-24,27,33,37H,3-12,15H2,1-2H3,(H,31,38). The molecule has 1 aromatic carbocycles. The number of methoxy groups -OCH3 is 1. The van der Waals surface area contributed by atoms with Crippen LogP contribution in [0.3, 0.4) is 0 Å². The van der Waals surface area contributed by atoms with Crippen molar-refractivity contribution in [2.75, 3.05) is 20.3 Å². The molecular weight excluding hydrogens is 631 g/mol. The lowest BCUT2D eigenvalue weighted by molar-refractivity contribution is -0.143. The third-order valence-corrected chi connectivity index (χ3v) is 8.19. The number of amides is 2. The highest BCUT2D eigenvalue weighted by molar-refractivity contribution is 14.1. The fourth-order valence-electron chi connectivity index (χ4n) is 5.44. The molecule has 0 heterocycles. The van der Waals surface area contributed by atoms with Gasteiger partial charge >= 0.3 is 0 Å². The van der Waals surface area contributed by atoms with Gasteiger partial charge in [0.1, 0.15) is 24.3 Å². The van der Waals surface area contributed by atoms with Gasteiger partial charge in [0, 0.05) is 43.0 Å². The maximum atomic E-state index is 13.7. The number of aldehydes is 1. The van der Waals surface area contributed by atoms with Crippen molar-refractivity contribution in [3.8, 4) is 11.5 Å². The highest BCUT2D eigenvalue weighted by Gasteiger charge is 2.43. The lowest BCUT2D eigenvalue weighted by Gasteiger charge is -2.45. The van der Waals surface area contributed by atoms with Crippen LogP contribution in [-0.2, 0) is 14.4 Å².